The van der Waals surface area contributed by atoms with Crippen LogP contribution in [-0.4, -0.2) is 73.8 Å². The van der Waals surface area contributed by atoms with Gasteiger partial charge in [-0.15, -0.1) is 12.9 Å². The van der Waals surface area contributed by atoms with Crippen LogP contribution in [0, 0.1) is 0 Å². The van der Waals surface area contributed by atoms with Crippen LogP contribution in [0.1, 0.15) is 0 Å². The second-order valence-corrected chi connectivity index (χ2v) is 0.451. The van der Waals surface area contributed by atoms with Gasteiger partial charge in [0.2, 0.25) is 0 Å². The Labute approximate surface area is 116 Å². The summed E-state index contributed by atoms with van der Waals surface area (Å²) in [6, 6.07) is 0. The van der Waals surface area contributed by atoms with Gasteiger partial charge in [-0.25, -0.2) is 0 Å². The van der Waals surface area contributed by atoms with Gasteiger partial charge in [-0.3, -0.25) is 0 Å². The monoisotopic (exact) mass is 266 g/mol. The Hall–Kier alpha value is -0.0369. The van der Waals surface area contributed by atoms with Crippen molar-refractivity contribution in [2.75, 3.05) is 0 Å². The van der Waals surface area contributed by atoms with Gasteiger partial charge >= 0.3 is 57.2 Å². The van der Waals surface area contributed by atoms with Crippen LogP contribution in [0.3, 0.4) is 0 Å². The topological polar surface area (TPSA) is 118 Å². The molecule has 0 aromatic rings. The van der Waals surface area contributed by atoms with Crippen LogP contribution in [0.15, 0.2) is 0 Å². The van der Waals surface area contributed by atoms with E-state index in [1.807, 2.05) is 0 Å². The van der Waals surface area contributed by atoms with Crippen molar-refractivity contribution in [2.24, 2.45) is 0 Å². The second kappa shape index (κ2) is 58.4. The molecular formula is C4H2CaO7Zn. The van der Waals surface area contributed by atoms with E-state index in [0.29, 0.717) is 12.9 Å². The van der Waals surface area contributed by atoms with Gasteiger partial charge < -0.3 is 34.1 Å². The van der Waals surface area contributed by atoms with Crippen LogP contribution >= 0.6 is 0 Å². The first-order chi connectivity index (χ1) is 5.24. The molecule has 0 spiro atoms. The maximum atomic E-state index is 8.80. The van der Waals surface area contributed by atoms with Gasteiger partial charge in [0, 0.05) is 0 Å². The summed E-state index contributed by atoms with van der Waals surface area (Å²) in [6.07, 6.45) is 0. The molecule has 0 aliphatic carbocycles. The molecule has 0 unspecified atom stereocenters. The smallest absolute Gasteiger partial charge is 0.783 e. The molecule has 0 radical (unpaired) electrons. The van der Waals surface area contributed by atoms with E-state index in [0.717, 1.165) is 12.9 Å². The predicted molar refractivity (Wildman–Crippen MR) is 34.9 cm³/mol. The van der Waals surface area contributed by atoms with E-state index in [-0.39, 0.29) is 57.2 Å². The van der Waals surface area contributed by atoms with Crippen LogP contribution in [-0.2, 0) is 43.4 Å². The molecule has 0 aliphatic heterocycles. The van der Waals surface area contributed by atoms with Crippen molar-refractivity contribution in [3.63, 3.8) is 0 Å². The van der Waals surface area contributed by atoms with Crippen molar-refractivity contribution in [3.8, 4) is 0 Å². The molecule has 0 saturated carbocycles. The Bertz CT molecular complexity index is 96.7. The Morgan fingerprint density at radius 3 is 1.00 bits per heavy atom. The minimum Gasteiger partial charge on any atom is -0.783 e. The normalized spacial score (nSPS) is 4.00. The molecule has 0 bridgehead atoms. The summed E-state index contributed by atoms with van der Waals surface area (Å²) in [6.45, 7) is 2.69. The first kappa shape index (κ1) is 29.3. The average molecular weight is 268 g/mol. The largest absolute Gasteiger partial charge is 2.00 e. The van der Waals surface area contributed by atoms with E-state index in [1.165, 1.54) is 0 Å². The van der Waals surface area contributed by atoms with Gasteiger partial charge in [0.05, 0.1) is 0 Å². The van der Waals surface area contributed by atoms with Crippen molar-refractivity contribution < 1.29 is 53.6 Å². The maximum Gasteiger partial charge on any atom is 2.00 e. The SMILES string of the molecule is O=[C-]O.O=[C-]O.O=[C-]O[C-]=O.[Ca+2].[Zn+2]. The molecule has 0 aliphatic rings. The zero-order valence-corrected chi connectivity index (χ0v) is 11.5. The van der Waals surface area contributed by atoms with Crippen LogP contribution in [0.5, 0.6) is 0 Å². The number of hydrogen-bond donors (Lipinski definition) is 2. The third-order valence-electron chi connectivity index (χ3n) is 0.0833. The molecule has 0 heterocycles. The molecule has 2 N–H and O–H groups in total. The molecule has 0 fully saturated rings. The van der Waals surface area contributed by atoms with Gasteiger partial charge in [-0.05, 0) is 0 Å². The summed E-state index contributed by atoms with van der Waals surface area (Å²) in [7, 11) is 0. The molecule has 0 aromatic heterocycles. The molecule has 64 valence electrons. The summed E-state index contributed by atoms with van der Waals surface area (Å²) < 4.78 is 3.22. The Kier molecular flexibility index (Phi) is 131. The quantitative estimate of drug-likeness (QED) is 0.337. The Morgan fingerprint density at radius 1 is 0.846 bits per heavy atom. The number of carbonyl (C=O) groups excluding carboxylic acids is 2. The van der Waals surface area contributed by atoms with E-state index >= 15 is 0 Å². The Morgan fingerprint density at radius 2 is 1.00 bits per heavy atom. The maximum absolute atomic E-state index is 8.80. The van der Waals surface area contributed by atoms with Crippen molar-refractivity contribution in [1.82, 2.24) is 0 Å². The molecule has 9 heteroatoms. The Balaban J connectivity index is -0.0000000240. The zero-order chi connectivity index (χ0) is 9.54. The average Bonchev–Trinajstić information content (AvgIpc) is 1.92. The third kappa shape index (κ3) is 308. The fraction of sp³-hybridized carbons (Fsp3) is 0. The van der Waals surface area contributed by atoms with Gasteiger partial charge in [-0.2, -0.15) is 0 Å². The molecule has 13 heavy (non-hydrogen) atoms. The molecular weight excluding hydrogens is 266 g/mol. The van der Waals surface area contributed by atoms with Gasteiger partial charge in [0.1, 0.15) is 0 Å². The van der Waals surface area contributed by atoms with E-state index < -0.39 is 0 Å². The molecule has 0 rings (SSSR count). The molecule has 7 nitrogen and oxygen atoms in total. The summed E-state index contributed by atoms with van der Waals surface area (Å²) in [4.78, 5) is 34.1. The first-order valence-electron chi connectivity index (χ1n) is 1.67. The van der Waals surface area contributed by atoms with E-state index in [2.05, 4.69) is 4.74 Å². The standard InChI is InChI=1S/C2O3.2CHO2.Ca.Zn/c3-1-5-2-4;2*2-1-3;;/h;2*(H,2,3);;/q-2;2*-1;2*+2. The van der Waals surface area contributed by atoms with Crippen molar-refractivity contribution >= 4 is 63.6 Å². The molecule has 0 saturated heterocycles. The number of rotatable bonds is 2. The van der Waals surface area contributed by atoms with Crippen LogP contribution in [0.25, 0.3) is 0 Å². The number of hydrogen-bond acceptors (Lipinski definition) is 5. The van der Waals surface area contributed by atoms with E-state index in [9.17, 15) is 0 Å². The van der Waals surface area contributed by atoms with Crippen molar-refractivity contribution in [1.29, 1.82) is 0 Å². The van der Waals surface area contributed by atoms with Crippen LogP contribution < -0.4 is 0 Å². The summed E-state index contributed by atoms with van der Waals surface area (Å²) in [5, 5.41) is 13.5. The second-order valence-electron chi connectivity index (χ2n) is 0.451. The van der Waals surface area contributed by atoms with Gasteiger partial charge in [-0.1, -0.05) is 12.9 Å². The van der Waals surface area contributed by atoms with E-state index in [4.69, 9.17) is 29.4 Å². The first-order valence-corrected chi connectivity index (χ1v) is 1.67. The summed E-state index contributed by atoms with van der Waals surface area (Å²) in [5.41, 5.74) is 0. The minimum atomic E-state index is 0. The minimum absolute atomic E-state index is 0. The number of ether oxygens (including phenoxy) is 1. The van der Waals surface area contributed by atoms with E-state index in [1.54, 1.807) is 0 Å². The predicted octanol–water partition coefficient (Wildman–Crippen LogP) is -2.02. The zero-order valence-electron chi connectivity index (χ0n) is 6.35. The fourth-order valence-electron chi connectivity index (χ4n) is 0.0170. The summed E-state index contributed by atoms with van der Waals surface area (Å²) >= 11 is 0. The van der Waals surface area contributed by atoms with Crippen LogP contribution in [0.4, 0.5) is 0 Å². The summed E-state index contributed by atoms with van der Waals surface area (Å²) in [5.74, 6) is 0. The molecule has 0 aromatic carbocycles. The fourth-order valence-corrected chi connectivity index (χ4v) is 0.0170. The molecule has 0 atom stereocenters. The van der Waals surface area contributed by atoms with Gasteiger partial charge in [0.15, 0.2) is 0 Å². The van der Waals surface area contributed by atoms with Crippen molar-refractivity contribution in [2.45, 2.75) is 0 Å². The molecule has 0 amide bonds. The van der Waals surface area contributed by atoms with Crippen LogP contribution in [0.2, 0.25) is 0 Å². The number of aliphatic hydroxyl groups excluding tert-OH is 2. The third-order valence-corrected chi connectivity index (χ3v) is 0.0833. The van der Waals surface area contributed by atoms with Gasteiger partial charge in [0.25, 0.3) is 0 Å². The van der Waals surface area contributed by atoms with Crippen molar-refractivity contribution in [3.05, 3.63) is 0 Å².